The Labute approximate surface area is 257 Å². The van der Waals surface area contributed by atoms with Gasteiger partial charge in [-0.25, -0.2) is 0 Å². The molecule has 0 bridgehead atoms. The van der Waals surface area contributed by atoms with E-state index in [4.69, 9.17) is 27.7 Å². The van der Waals surface area contributed by atoms with Gasteiger partial charge in [0.1, 0.15) is 18.4 Å². The van der Waals surface area contributed by atoms with Gasteiger partial charge in [0.15, 0.2) is 5.96 Å². The molecular weight excluding hydrogens is 558 g/mol. The number of nitrogens with zero attached hydrogens (tertiary/aromatic N) is 1. The van der Waals surface area contributed by atoms with Gasteiger partial charge in [0, 0.05) is 12.1 Å². The highest BCUT2D eigenvalue weighted by Gasteiger charge is 2.28. The minimum absolute atomic E-state index is 0.0171. The molecule has 0 spiro atoms. The Morgan fingerprint density at radius 3 is 2.43 bits per heavy atom. The number of ether oxygens (including phenoxy) is 1. The van der Waals surface area contributed by atoms with Gasteiger partial charge >= 0.3 is 0 Å². The number of anilines is 1. The minimum Gasteiger partial charge on any atom is -0.487 e. The average Bonchev–Trinajstić information content (AvgIpc) is 3.02. The van der Waals surface area contributed by atoms with E-state index in [0.29, 0.717) is 43.2 Å². The van der Waals surface area contributed by atoms with Crippen molar-refractivity contribution in [2.24, 2.45) is 33.8 Å². The molecule has 11 nitrogen and oxygen atoms in total. The van der Waals surface area contributed by atoms with Crippen molar-refractivity contribution in [3.05, 3.63) is 71.8 Å². The van der Waals surface area contributed by atoms with Crippen LogP contribution in [0.5, 0.6) is 5.75 Å². The van der Waals surface area contributed by atoms with Gasteiger partial charge in [0.25, 0.3) is 0 Å². The molecule has 234 valence electrons. The second kappa shape index (κ2) is 15.7. The lowest BCUT2D eigenvalue weighted by Crippen LogP contribution is -2.50. The Morgan fingerprint density at radius 2 is 1.68 bits per heavy atom. The second-order valence-corrected chi connectivity index (χ2v) is 11.3. The largest absolute Gasteiger partial charge is 0.487 e. The molecule has 4 rings (SSSR count). The van der Waals surface area contributed by atoms with E-state index >= 15 is 0 Å². The van der Waals surface area contributed by atoms with E-state index < -0.39 is 29.8 Å². The summed E-state index contributed by atoms with van der Waals surface area (Å²) in [5.41, 5.74) is 24.0. The predicted molar refractivity (Wildman–Crippen MR) is 173 cm³/mol. The van der Waals surface area contributed by atoms with Gasteiger partial charge in [-0.2, -0.15) is 0 Å². The number of hydrogen-bond donors (Lipinski definition) is 6. The maximum absolute atomic E-state index is 13.7. The van der Waals surface area contributed by atoms with E-state index in [2.05, 4.69) is 15.6 Å². The van der Waals surface area contributed by atoms with Crippen LogP contribution in [0.25, 0.3) is 10.8 Å². The number of nitrogens with two attached hydrogens (primary N) is 4. The molecule has 1 saturated carbocycles. The van der Waals surface area contributed by atoms with Crippen LogP contribution in [-0.2, 0) is 16.2 Å². The smallest absolute Gasteiger partial charge is 0.248 e. The normalized spacial score (nSPS) is 14.8. The number of carbonyl (C=O) groups excluding carboxylic acids is 3. The molecule has 1 aliphatic carbocycles. The third-order valence-electron chi connectivity index (χ3n) is 8.02. The number of rotatable bonds is 14. The standard InChI is InChI=1S/C33H43N7O4/c34-26(14-7-17-38-33(36)37)31(42)40-28(18-21-8-2-1-3-9-21)32(43)39-27-16-15-23(30(35)41)19-29(27)44-20-24-12-6-11-22-10-4-5-13-25(22)24/h4-6,10-13,15-16,19,21,26,28H,1-3,7-9,14,17-18,20,34H2,(H2,35,41)(H,39,43)(H,40,42)(H4,36,37,38)/t26-,28-/m0/s1. The lowest BCUT2D eigenvalue weighted by molar-refractivity contribution is -0.127. The van der Waals surface area contributed by atoms with Crippen LogP contribution in [0.1, 0.15) is 67.3 Å². The zero-order chi connectivity index (χ0) is 31.5. The van der Waals surface area contributed by atoms with Crippen LogP contribution in [0.4, 0.5) is 5.69 Å². The Balaban J connectivity index is 1.51. The third-order valence-corrected chi connectivity index (χ3v) is 8.02. The zero-order valence-electron chi connectivity index (χ0n) is 25.0. The summed E-state index contributed by atoms with van der Waals surface area (Å²) in [5.74, 6) is -0.842. The molecule has 11 heteroatoms. The molecule has 3 aromatic carbocycles. The quantitative estimate of drug-likeness (QED) is 0.0924. The lowest BCUT2D eigenvalue weighted by Gasteiger charge is -2.27. The molecule has 44 heavy (non-hydrogen) atoms. The van der Waals surface area contributed by atoms with E-state index in [-0.39, 0.29) is 18.1 Å². The number of guanidine groups is 1. The molecule has 0 saturated heterocycles. The molecule has 2 atom stereocenters. The topological polar surface area (TPSA) is 201 Å². The maximum atomic E-state index is 13.7. The average molecular weight is 602 g/mol. The maximum Gasteiger partial charge on any atom is 0.248 e. The van der Waals surface area contributed by atoms with Crippen molar-refractivity contribution in [1.82, 2.24) is 5.32 Å². The molecule has 1 aliphatic rings. The van der Waals surface area contributed by atoms with Crippen molar-refractivity contribution in [3.8, 4) is 5.75 Å². The van der Waals surface area contributed by atoms with Crippen molar-refractivity contribution in [3.63, 3.8) is 0 Å². The van der Waals surface area contributed by atoms with Crippen LogP contribution in [0, 0.1) is 5.92 Å². The number of primary amides is 1. The zero-order valence-corrected chi connectivity index (χ0v) is 25.0. The molecule has 3 aromatic rings. The summed E-state index contributed by atoms with van der Waals surface area (Å²) >= 11 is 0. The highest BCUT2D eigenvalue weighted by atomic mass is 16.5. The number of nitrogens with one attached hydrogen (secondary N) is 2. The monoisotopic (exact) mass is 601 g/mol. The fourth-order valence-corrected chi connectivity index (χ4v) is 5.61. The number of fused-ring (bicyclic) bond motifs is 1. The Bertz CT molecular complexity index is 1480. The van der Waals surface area contributed by atoms with Crippen LogP contribution in [0.3, 0.4) is 0 Å². The summed E-state index contributed by atoms with van der Waals surface area (Å²) in [7, 11) is 0. The summed E-state index contributed by atoms with van der Waals surface area (Å²) in [6.45, 7) is 0.557. The number of amides is 3. The molecule has 0 aromatic heterocycles. The number of hydrogen-bond acceptors (Lipinski definition) is 6. The molecule has 1 fully saturated rings. The highest BCUT2D eigenvalue weighted by molar-refractivity contribution is 6.00. The van der Waals surface area contributed by atoms with Gasteiger partial charge < -0.3 is 38.3 Å². The van der Waals surface area contributed by atoms with Crippen molar-refractivity contribution >= 4 is 40.1 Å². The Morgan fingerprint density at radius 1 is 0.932 bits per heavy atom. The summed E-state index contributed by atoms with van der Waals surface area (Å²) < 4.78 is 6.19. The van der Waals surface area contributed by atoms with E-state index in [9.17, 15) is 14.4 Å². The number of aliphatic imine (C=N–C) groups is 1. The van der Waals surface area contributed by atoms with Gasteiger partial charge in [0.05, 0.1) is 11.7 Å². The summed E-state index contributed by atoms with van der Waals surface area (Å²) in [6, 6.07) is 16.9. The van der Waals surface area contributed by atoms with Crippen molar-refractivity contribution < 1.29 is 19.1 Å². The van der Waals surface area contributed by atoms with Crippen LogP contribution >= 0.6 is 0 Å². The van der Waals surface area contributed by atoms with Crippen LogP contribution in [-0.4, -0.2) is 42.3 Å². The van der Waals surface area contributed by atoms with Crippen molar-refractivity contribution in [2.75, 3.05) is 11.9 Å². The SMILES string of the molecule is NC(=O)c1ccc(NC(=O)[C@H](CC2CCCCC2)NC(=O)[C@@H](N)CCCN=C(N)N)c(OCc2cccc3ccccc23)c1. The molecular formula is C33H43N7O4. The van der Waals surface area contributed by atoms with Crippen LogP contribution in [0.15, 0.2) is 65.7 Å². The van der Waals surface area contributed by atoms with Gasteiger partial charge in [-0.3, -0.25) is 19.4 Å². The fourth-order valence-electron chi connectivity index (χ4n) is 5.61. The van der Waals surface area contributed by atoms with E-state index in [1.54, 1.807) is 6.07 Å². The summed E-state index contributed by atoms with van der Waals surface area (Å²) in [5, 5.41) is 7.93. The van der Waals surface area contributed by atoms with Gasteiger partial charge in [-0.15, -0.1) is 0 Å². The van der Waals surface area contributed by atoms with E-state index in [0.717, 1.165) is 42.0 Å². The third kappa shape index (κ3) is 9.18. The first-order valence-electron chi connectivity index (χ1n) is 15.2. The van der Waals surface area contributed by atoms with E-state index in [1.165, 1.54) is 18.6 Å². The Hall–Kier alpha value is -4.64. The number of benzene rings is 3. The first-order valence-corrected chi connectivity index (χ1v) is 15.2. The first-order chi connectivity index (χ1) is 21.2. The molecule has 3 amide bonds. The van der Waals surface area contributed by atoms with Crippen LogP contribution < -0.4 is 38.3 Å². The van der Waals surface area contributed by atoms with Gasteiger partial charge in [0.2, 0.25) is 17.7 Å². The van der Waals surface area contributed by atoms with Crippen molar-refractivity contribution in [1.29, 1.82) is 0 Å². The summed E-state index contributed by atoms with van der Waals surface area (Å²) in [6.07, 6.45) is 6.73. The van der Waals surface area contributed by atoms with Gasteiger partial charge in [-0.1, -0.05) is 74.6 Å². The van der Waals surface area contributed by atoms with Crippen molar-refractivity contribution in [2.45, 2.75) is 70.1 Å². The number of carbonyl (C=O) groups is 3. The second-order valence-electron chi connectivity index (χ2n) is 11.3. The summed E-state index contributed by atoms with van der Waals surface area (Å²) in [4.78, 5) is 42.7. The predicted octanol–water partition coefficient (Wildman–Crippen LogP) is 3.29. The lowest BCUT2D eigenvalue weighted by atomic mass is 9.84. The minimum atomic E-state index is -0.819. The first kappa shape index (κ1) is 32.3. The molecule has 0 radical (unpaired) electrons. The van der Waals surface area contributed by atoms with E-state index in [1.807, 2.05) is 42.5 Å². The molecule has 0 aliphatic heterocycles. The molecule has 0 unspecified atom stereocenters. The van der Waals surface area contributed by atoms with Crippen LogP contribution in [0.2, 0.25) is 0 Å². The highest BCUT2D eigenvalue weighted by Crippen LogP contribution is 2.30. The fraction of sp³-hybridized carbons (Fsp3) is 0.394. The Kier molecular flexibility index (Phi) is 11.5. The molecule has 0 heterocycles. The van der Waals surface area contributed by atoms with Gasteiger partial charge in [-0.05, 0) is 59.7 Å². The molecule has 10 N–H and O–H groups in total.